The van der Waals surface area contributed by atoms with Crippen LogP contribution in [0.4, 0.5) is 0 Å². The molecule has 7 heteroatoms. The van der Waals surface area contributed by atoms with Crippen molar-refractivity contribution >= 4 is 22.7 Å². The lowest BCUT2D eigenvalue weighted by Gasteiger charge is -2.43. The Bertz CT molecular complexity index is 852. The van der Waals surface area contributed by atoms with E-state index in [4.69, 9.17) is 18.3 Å². The van der Waals surface area contributed by atoms with E-state index in [0.29, 0.717) is 5.75 Å². The summed E-state index contributed by atoms with van der Waals surface area (Å²) < 4.78 is 25.8. The molecule has 0 aromatic heterocycles. The Labute approximate surface area is 210 Å². The molecule has 1 aliphatic heterocycles. The van der Waals surface area contributed by atoms with Crippen molar-refractivity contribution < 1.29 is 23.4 Å². The van der Waals surface area contributed by atoms with E-state index in [1.165, 1.54) is 0 Å². The Morgan fingerprint density at radius 1 is 0.941 bits per heavy atom. The quantitative estimate of drug-likeness (QED) is 0.393. The molecule has 1 fully saturated rings. The van der Waals surface area contributed by atoms with Gasteiger partial charge in [0.15, 0.2) is 16.6 Å². The molecule has 0 amide bonds. The molecule has 1 aromatic rings. The van der Waals surface area contributed by atoms with Crippen molar-refractivity contribution in [3.63, 3.8) is 0 Å². The van der Waals surface area contributed by atoms with Gasteiger partial charge in [-0.2, -0.15) is 0 Å². The first kappa shape index (κ1) is 29.3. The Kier molecular flexibility index (Phi) is 9.10. The molecule has 34 heavy (non-hydrogen) atoms. The van der Waals surface area contributed by atoms with E-state index in [0.717, 1.165) is 11.1 Å². The zero-order valence-corrected chi connectivity index (χ0v) is 25.5. The average Bonchev–Trinajstić information content (AvgIpc) is 2.98. The van der Waals surface area contributed by atoms with Crippen molar-refractivity contribution in [1.82, 2.24) is 0 Å². The Balaban J connectivity index is 2.45. The molecule has 5 nitrogen and oxygen atoms in total. The van der Waals surface area contributed by atoms with Gasteiger partial charge in [0.05, 0.1) is 25.9 Å². The molecule has 1 saturated heterocycles. The van der Waals surface area contributed by atoms with Gasteiger partial charge in [-0.1, -0.05) is 65.8 Å². The topological polar surface area (TPSA) is 57.2 Å². The Morgan fingerprint density at radius 2 is 1.47 bits per heavy atom. The summed E-state index contributed by atoms with van der Waals surface area (Å²) in [6, 6.07) is 5.78. The highest BCUT2D eigenvalue weighted by Crippen LogP contribution is 2.43. The molecule has 0 spiro atoms. The second-order valence-electron chi connectivity index (χ2n) is 12.5. The molecule has 1 N–H and O–H groups in total. The van der Waals surface area contributed by atoms with Gasteiger partial charge in [0.25, 0.3) is 0 Å². The van der Waals surface area contributed by atoms with Crippen molar-refractivity contribution in [2.45, 2.75) is 116 Å². The van der Waals surface area contributed by atoms with E-state index >= 15 is 0 Å². The van der Waals surface area contributed by atoms with Crippen LogP contribution >= 0.6 is 0 Å². The van der Waals surface area contributed by atoms with Gasteiger partial charge in [0, 0.05) is 5.56 Å². The third-order valence-electron chi connectivity index (χ3n) is 7.97. The largest absolute Gasteiger partial charge is 0.496 e. The van der Waals surface area contributed by atoms with Crippen LogP contribution in [0.3, 0.4) is 0 Å². The zero-order valence-electron chi connectivity index (χ0n) is 23.5. The molecule has 194 valence electrons. The molecule has 1 heterocycles. The predicted molar refractivity (Wildman–Crippen MR) is 146 cm³/mol. The summed E-state index contributed by atoms with van der Waals surface area (Å²) in [7, 11) is -2.50. The van der Waals surface area contributed by atoms with Gasteiger partial charge in [-0.25, -0.2) is 0 Å². The molecule has 0 saturated carbocycles. The number of aliphatic hydroxyl groups excluding tert-OH is 1. The normalized spacial score (nSPS) is 24.7. The van der Waals surface area contributed by atoms with Crippen LogP contribution in [-0.4, -0.2) is 53.3 Å². The highest BCUT2D eigenvalue weighted by atomic mass is 28.4. The maximum atomic E-state index is 9.92. The van der Waals surface area contributed by atoms with Gasteiger partial charge in [-0.3, -0.25) is 0 Å². The summed E-state index contributed by atoms with van der Waals surface area (Å²) in [4.78, 5) is 0. The van der Waals surface area contributed by atoms with Crippen LogP contribution in [-0.2, 0) is 20.2 Å². The van der Waals surface area contributed by atoms with Gasteiger partial charge >= 0.3 is 0 Å². The lowest BCUT2D eigenvalue weighted by molar-refractivity contribution is 0.0405. The van der Waals surface area contributed by atoms with Gasteiger partial charge in [-0.15, -0.1) is 0 Å². The lowest BCUT2D eigenvalue weighted by Crippen LogP contribution is -2.53. The fraction of sp³-hybridized carbons (Fsp3) is 0.704. The number of ether oxygens (including phenoxy) is 2. The van der Waals surface area contributed by atoms with Crippen molar-refractivity contribution in [3.05, 3.63) is 35.4 Å². The number of methoxy groups -OCH3 is 1. The summed E-state index contributed by atoms with van der Waals surface area (Å²) in [5, 5.41) is 10.1. The molecule has 4 atom stereocenters. The van der Waals surface area contributed by atoms with E-state index in [1.54, 1.807) is 7.11 Å². The number of aliphatic hydroxyl groups is 1. The molecule has 2 rings (SSSR count). The van der Waals surface area contributed by atoms with Crippen LogP contribution in [0.1, 0.15) is 59.6 Å². The molecule has 0 bridgehead atoms. The number of rotatable bonds is 8. The predicted octanol–water partition coefficient (Wildman–Crippen LogP) is 6.77. The smallest absolute Gasteiger partial charge is 0.192 e. The standard InChI is InChI=1S/C27H48O5Si2/c1-19-24(31-33(9,10)26(2,3)4)25(32-34(11,12)27(5,6)7)23(30-19)17-16-20-14-13-15-22(29-8)21(20)18-28/h13-17,19,23-25,28H,18H2,1-12H3/b17-16+/t19-,23+,24-,25+/m0/s1. The van der Waals surface area contributed by atoms with Crippen molar-refractivity contribution in [3.8, 4) is 5.75 Å². The second kappa shape index (κ2) is 10.6. The number of benzene rings is 1. The fourth-order valence-electron chi connectivity index (χ4n) is 3.64. The monoisotopic (exact) mass is 508 g/mol. The molecule has 1 aromatic carbocycles. The highest BCUT2D eigenvalue weighted by molar-refractivity contribution is 6.74. The SMILES string of the molecule is COc1cccc(/C=C/[C@H]2O[C@@H](C)[C@H](O[Si](C)(C)C(C)(C)C)[C@@H]2O[Si](C)(C)C(C)(C)C)c1CO. The lowest BCUT2D eigenvalue weighted by atomic mass is 10.0. The summed E-state index contributed by atoms with van der Waals surface area (Å²) in [6.07, 6.45) is 3.44. The Morgan fingerprint density at radius 3 is 1.94 bits per heavy atom. The Hall–Kier alpha value is -0.966. The van der Waals surface area contributed by atoms with Gasteiger partial charge < -0.3 is 23.4 Å². The summed E-state index contributed by atoms with van der Waals surface area (Å²) in [5.41, 5.74) is 1.68. The maximum Gasteiger partial charge on any atom is 0.192 e. The maximum absolute atomic E-state index is 9.92. The molecule has 1 aliphatic rings. The van der Waals surface area contributed by atoms with E-state index in [9.17, 15) is 5.11 Å². The van der Waals surface area contributed by atoms with Crippen LogP contribution < -0.4 is 4.74 Å². The van der Waals surface area contributed by atoms with Crippen LogP contribution in [0.15, 0.2) is 24.3 Å². The fourth-order valence-corrected chi connectivity index (χ4v) is 6.30. The second-order valence-corrected chi connectivity index (χ2v) is 22.0. The summed E-state index contributed by atoms with van der Waals surface area (Å²) in [5.74, 6) is 0.679. The van der Waals surface area contributed by atoms with Crippen LogP contribution in [0.5, 0.6) is 5.75 Å². The van der Waals surface area contributed by atoms with E-state index < -0.39 is 16.6 Å². The molecule has 0 radical (unpaired) electrons. The first-order chi connectivity index (χ1) is 15.4. The minimum absolute atomic E-state index is 0.0749. The van der Waals surface area contributed by atoms with Gasteiger partial charge in [-0.05, 0) is 54.8 Å². The van der Waals surface area contributed by atoms with Crippen LogP contribution in [0, 0.1) is 0 Å². The van der Waals surface area contributed by atoms with Crippen molar-refractivity contribution in [2.75, 3.05) is 7.11 Å². The van der Waals surface area contributed by atoms with E-state index in [1.807, 2.05) is 24.3 Å². The number of hydrogen-bond acceptors (Lipinski definition) is 5. The summed E-state index contributed by atoms with van der Waals surface area (Å²) >= 11 is 0. The van der Waals surface area contributed by atoms with Crippen molar-refractivity contribution in [2.24, 2.45) is 0 Å². The summed E-state index contributed by atoms with van der Waals surface area (Å²) in [6.45, 7) is 24.7. The minimum atomic E-state index is -2.08. The van der Waals surface area contributed by atoms with Gasteiger partial charge in [0.1, 0.15) is 18.0 Å². The van der Waals surface area contributed by atoms with Crippen molar-refractivity contribution in [1.29, 1.82) is 0 Å². The molecular formula is C27H48O5Si2. The zero-order chi connectivity index (χ0) is 26.1. The van der Waals surface area contributed by atoms with Crippen LogP contribution in [0.25, 0.3) is 6.08 Å². The van der Waals surface area contributed by atoms with Crippen LogP contribution in [0.2, 0.25) is 36.3 Å². The number of hydrogen-bond donors (Lipinski definition) is 1. The van der Waals surface area contributed by atoms with E-state index in [2.05, 4.69) is 80.7 Å². The third-order valence-corrected chi connectivity index (χ3v) is 16.9. The molecular weight excluding hydrogens is 460 g/mol. The average molecular weight is 509 g/mol. The molecule has 0 aliphatic carbocycles. The highest BCUT2D eigenvalue weighted by Gasteiger charge is 2.51. The molecule has 0 unspecified atom stereocenters. The van der Waals surface area contributed by atoms with E-state index in [-0.39, 0.29) is 41.1 Å². The first-order valence-electron chi connectivity index (χ1n) is 12.4. The van der Waals surface area contributed by atoms with Gasteiger partial charge in [0.2, 0.25) is 0 Å². The minimum Gasteiger partial charge on any atom is -0.496 e. The third kappa shape index (κ3) is 6.42. The first-order valence-corrected chi connectivity index (χ1v) is 18.2.